The molecule has 0 saturated carbocycles. The van der Waals surface area contributed by atoms with Crippen LogP contribution < -0.4 is 10.2 Å². The van der Waals surface area contributed by atoms with Crippen LogP contribution in [0.2, 0.25) is 0 Å². The predicted octanol–water partition coefficient (Wildman–Crippen LogP) is 4.12. The average Bonchev–Trinajstić information content (AvgIpc) is 3.20. The highest BCUT2D eigenvalue weighted by atomic mass is 16.3. The van der Waals surface area contributed by atoms with Gasteiger partial charge in [0.25, 0.3) is 0 Å². The third kappa shape index (κ3) is 3.17. The molecular formula is C22H27N3O. The number of nitrogens with one attached hydrogen (secondary N) is 1. The molecular weight excluding hydrogens is 322 g/mol. The highest BCUT2D eigenvalue weighted by Gasteiger charge is 2.24. The minimum absolute atomic E-state index is 0.227. The van der Waals surface area contributed by atoms with Crippen molar-refractivity contribution in [3.63, 3.8) is 0 Å². The lowest BCUT2D eigenvalue weighted by Gasteiger charge is -2.22. The molecule has 0 spiro atoms. The number of nitrogens with zero attached hydrogens (tertiary/aromatic N) is 2. The summed E-state index contributed by atoms with van der Waals surface area (Å²) in [6, 6.07) is 17.2. The van der Waals surface area contributed by atoms with Crippen LogP contribution in [0, 0.1) is 6.92 Å². The SMILES string of the molecule is Cc1cc2ccc(N3CCC(NC(C)c4cccc(O)c4)C3)cc2n1C. The molecule has 0 aliphatic carbocycles. The second kappa shape index (κ2) is 6.69. The van der Waals surface area contributed by atoms with Gasteiger partial charge in [-0.1, -0.05) is 18.2 Å². The Kier molecular flexibility index (Phi) is 4.37. The van der Waals surface area contributed by atoms with Gasteiger partial charge < -0.3 is 19.9 Å². The largest absolute Gasteiger partial charge is 0.508 e. The van der Waals surface area contributed by atoms with E-state index in [2.05, 4.69) is 66.0 Å². The Morgan fingerprint density at radius 3 is 2.81 bits per heavy atom. The molecule has 2 unspecified atom stereocenters. The number of aromatic hydroxyl groups is 1. The number of aryl methyl sites for hydroxylation is 2. The fourth-order valence-electron chi connectivity index (χ4n) is 4.03. The number of anilines is 1. The van der Waals surface area contributed by atoms with Gasteiger partial charge >= 0.3 is 0 Å². The quantitative estimate of drug-likeness (QED) is 0.744. The summed E-state index contributed by atoms with van der Waals surface area (Å²) in [5.74, 6) is 0.329. The maximum Gasteiger partial charge on any atom is 0.115 e. The van der Waals surface area contributed by atoms with Gasteiger partial charge in [0, 0.05) is 43.6 Å². The molecule has 1 fully saturated rings. The number of phenolic OH excluding ortho intramolecular Hbond substituents is 1. The first-order valence-corrected chi connectivity index (χ1v) is 9.37. The third-order valence-electron chi connectivity index (χ3n) is 5.68. The summed E-state index contributed by atoms with van der Waals surface area (Å²) in [5, 5.41) is 14.7. The maximum absolute atomic E-state index is 9.69. The molecule has 4 rings (SSSR count). The number of hydrogen-bond acceptors (Lipinski definition) is 3. The Labute approximate surface area is 155 Å². The molecule has 4 nitrogen and oxygen atoms in total. The first kappa shape index (κ1) is 17.0. The van der Waals surface area contributed by atoms with E-state index in [9.17, 15) is 5.11 Å². The molecule has 2 N–H and O–H groups in total. The van der Waals surface area contributed by atoms with E-state index in [4.69, 9.17) is 0 Å². The van der Waals surface area contributed by atoms with Gasteiger partial charge in [0.2, 0.25) is 0 Å². The summed E-state index contributed by atoms with van der Waals surface area (Å²) >= 11 is 0. The average molecular weight is 349 g/mol. The van der Waals surface area contributed by atoms with Crippen molar-refractivity contribution in [2.45, 2.75) is 32.4 Å². The number of aromatic nitrogens is 1. The van der Waals surface area contributed by atoms with E-state index in [-0.39, 0.29) is 6.04 Å². The van der Waals surface area contributed by atoms with E-state index >= 15 is 0 Å². The van der Waals surface area contributed by atoms with Crippen molar-refractivity contribution >= 4 is 16.6 Å². The molecule has 2 heterocycles. The summed E-state index contributed by atoms with van der Waals surface area (Å²) < 4.78 is 2.26. The molecule has 136 valence electrons. The molecule has 2 aromatic carbocycles. The van der Waals surface area contributed by atoms with Gasteiger partial charge in [-0.3, -0.25) is 0 Å². The standard InChI is InChI=1S/C22H27N3O/c1-15-11-18-7-8-20(13-22(18)24(15)3)25-10-9-19(14-25)23-16(2)17-5-4-6-21(26)12-17/h4-8,11-13,16,19,23,26H,9-10,14H2,1-3H3. The fourth-order valence-corrected chi connectivity index (χ4v) is 4.03. The predicted molar refractivity (Wildman–Crippen MR) is 108 cm³/mol. The fraction of sp³-hybridized carbons (Fsp3) is 0.364. The molecule has 0 radical (unpaired) electrons. The van der Waals surface area contributed by atoms with Crippen molar-refractivity contribution in [3.8, 4) is 5.75 Å². The Balaban J connectivity index is 1.46. The van der Waals surface area contributed by atoms with Crippen LogP contribution in [0.25, 0.3) is 10.9 Å². The first-order chi connectivity index (χ1) is 12.5. The normalized spacial score (nSPS) is 18.6. The van der Waals surface area contributed by atoms with E-state index in [1.807, 2.05) is 12.1 Å². The van der Waals surface area contributed by atoms with E-state index in [1.165, 1.54) is 22.3 Å². The number of fused-ring (bicyclic) bond motifs is 1. The summed E-state index contributed by atoms with van der Waals surface area (Å²) in [6.45, 7) is 6.39. The van der Waals surface area contributed by atoms with Gasteiger partial charge in [0.05, 0.1) is 5.52 Å². The maximum atomic E-state index is 9.69. The van der Waals surface area contributed by atoms with Crippen molar-refractivity contribution in [2.24, 2.45) is 7.05 Å². The Morgan fingerprint density at radius 2 is 2.00 bits per heavy atom. The van der Waals surface area contributed by atoms with Crippen molar-refractivity contribution in [2.75, 3.05) is 18.0 Å². The van der Waals surface area contributed by atoms with Crippen molar-refractivity contribution in [1.29, 1.82) is 0 Å². The molecule has 0 amide bonds. The van der Waals surface area contributed by atoms with Crippen LogP contribution in [0.1, 0.15) is 30.6 Å². The number of hydrogen-bond donors (Lipinski definition) is 2. The Bertz CT molecular complexity index is 930. The van der Waals surface area contributed by atoms with E-state index in [1.54, 1.807) is 6.07 Å². The minimum Gasteiger partial charge on any atom is -0.508 e. The van der Waals surface area contributed by atoms with Gasteiger partial charge in [-0.05, 0) is 61.5 Å². The van der Waals surface area contributed by atoms with Gasteiger partial charge in [-0.15, -0.1) is 0 Å². The second-order valence-corrected chi connectivity index (χ2v) is 7.50. The lowest BCUT2D eigenvalue weighted by Crippen LogP contribution is -2.34. The smallest absolute Gasteiger partial charge is 0.115 e. The van der Waals surface area contributed by atoms with E-state index < -0.39 is 0 Å². The summed E-state index contributed by atoms with van der Waals surface area (Å²) in [4.78, 5) is 2.47. The van der Waals surface area contributed by atoms with Crippen molar-refractivity contribution < 1.29 is 5.11 Å². The van der Waals surface area contributed by atoms with Crippen LogP contribution in [0.5, 0.6) is 5.75 Å². The van der Waals surface area contributed by atoms with Gasteiger partial charge in [0.1, 0.15) is 5.75 Å². The zero-order chi connectivity index (χ0) is 18.3. The van der Waals surface area contributed by atoms with Crippen LogP contribution in [-0.4, -0.2) is 28.8 Å². The second-order valence-electron chi connectivity index (χ2n) is 7.50. The first-order valence-electron chi connectivity index (χ1n) is 9.37. The molecule has 0 bridgehead atoms. The summed E-state index contributed by atoms with van der Waals surface area (Å²) in [5.41, 5.74) is 5.01. The monoisotopic (exact) mass is 349 g/mol. The van der Waals surface area contributed by atoms with Crippen LogP contribution in [0.3, 0.4) is 0 Å². The van der Waals surface area contributed by atoms with Crippen LogP contribution in [0.4, 0.5) is 5.69 Å². The lowest BCUT2D eigenvalue weighted by atomic mass is 10.1. The Hall–Kier alpha value is -2.46. The van der Waals surface area contributed by atoms with Gasteiger partial charge in [-0.25, -0.2) is 0 Å². The summed E-state index contributed by atoms with van der Waals surface area (Å²) in [7, 11) is 2.13. The molecule has 26 heavy (non-hydrogen) atoms. The number of rotatable bonds is 4. The van der Waals surface area contributed by atoms with Crippen LogP contribution in [0.15, 0.2) is 48.5 Å². The Morgan fingerprint density at radius 1 is 1.15 bits per heavy atom. The zero-order valence-corrected chi connectivity index (χ0v) is 15.7. The summed E-state index contributed by atoms with van der Waals surface area (Å²) in [6.07, 6.45) is 1.13. The molecule has 1 saturated heterocycles. The van der Waals surface area contributed by atoms with Crippen LogP contribution in [-0.2, 0) is 7.05 Å². The topological polar surface area (TPSA) is 40.4 Å². The molecule has 4 heteroatoms. The highest BCUT2D eigenvalue weighted by molar-refractivity contribution is 5.84. The van der Waals surface area contributed by atoms with Crippen molar-refractivity contribution in [1.82, 2.24) is 9.88 Å². The molecule has 1 aromatic heterocycles. The molecule has 1 aliphatic heterocycles. The van der Waals surface area contributed by atoms with Crippen molar-refractivity contribution in [3.05, 3.63) is 59.8 Å². The molecule has 2 atom stereocenters. The lowest BCUT2D eigenvalue weighted by molar-refractivity contribution is 0.463. The van der Waals surface area contributed by atoms with Gasteiger partial charge in [-0.2, -0.15) is 0 Å². The van der Waals surface area contributed by atoms with Gasteiger partial charge in [0.15, 0.2) is 0 Å². The molecule has 1 aliphatic rings. The van der Waals surface area contributed by atoms with E-state index in [0.717, 1.165) is 25.1 Å². The molecule has 3 aromatic rings. The third-order valence-corrected chi connectivity index (χ3v) is 5.68. The number of benzene rings is 2. The highest BCUT2D eigenvalue weighted by Crippen LogP contribution is 2.28. The number of phenols is 1. The van der Waals surface area contributed by atoms with E-state index in [0.29, 0.717) is 11.8 Å². The minimum atomic E-state index is 0.227. The van der Waals surface area contributed by atoms with Crippen LogP contribution >= 0.6 is 0 Å². The zero-order valence-electron chi connectivity index (χ0n) is 15.7.